The van der Waals surface area contributed by atoms with E-state index in [4.69, 9.17) is 24.1 Å². The molecule has 0 bridgehead atoms. The van der Waals surface area contributed by atoms with Gasteiger partial charge in [0.15, 0.2) is 11.4 Å². The Morgan fingerprint density at radius 2 is 1.59 bits per heavy atom. The summed E-state index contributed by atoms with van der Waals surface area (Å²) in [6, 6.07) is 8.03. The van der Waals surface area contributed by atoms with Crippen LogP contribution >= 0.6 is 0 Å². The van der Waals surface area contributed by atoms with Crippen molar-refractivity contribution in [1.82, 2.24) is 4.98 Å². The van der Waals surface area contributed by atoms with E-state index < -0.39 is 23.7 Å². The van der Waals surface area contributed by atoms with E-state index in [2.05, 4.69) is 4.98 Å². The van der Waals surface area contributed by atoms with Gasteiger partial charge in [0.05, 0.1) is 12.7 Å². The van der Waals surface area contributed by atoms with Crippen LogP contribution in [0.1, 0.15) is 61.9 Å². The van der Waals surface area contributed by atoms with Crippen LogP contribution in [0.4, 0.5) is 13.2 Å². The first kappa shape index (κ1) is 29.4. The van der Waals surface area contributed by atoms with E-state index >= 15 is 0 Å². The predicted octanol–water partition coefficient (Wildman–Crippen LogP) is 4.91. The van der Waals surface area contributed by atoms with E-state index in [1.807, 2.05) is 0 Å². The van der Waals surface area contributed by atoms with Crippen LogP contribution in [0.15, 0.2) is 36.5 Å². The summed E-state index contributed by atoms with van der Waals surface area (Å²) in [5.74, 6) is -3.14. The largest absolute Gasteiger partial charge is 0.497 e. The van der Waals surface area contributed by atoms with Crippen LogP contribution in [0, 0.1) is 0 Å². The molecule has 0 radical (unpaired) electrons. The Morgan fingerprint density at radius 1 is 0.973 bits per heavy atom. The van der Waals surface area contributed by atoms with E-state index in [1.54, 1.807) is 24.3 Å². The monoisotopic (exact) mass is 527 g/mol. The average molecular weight is 527 g/mol. The first-order valence-corrected chi connectivity index (χ1v) is 11.3. The third kappa shape index (κ3) is 8.65. The number of hydrogen-bond acceptors (Lipinski definition) is 7. The maximum Gasteiger partial charge on any atom is 0.490 e. The number of halogens is 3. The van der Waals surface area contributed by atoms with Crippen LogP contribution < -0.4 is 14.2 Å². The van der Waals surface area contributed by atoms with Crippen LogP contribution in [0.3, 0.4) is 0 Å². The molecule has 0 atom stereocenters. The fourth-order valence-electron chi connectivity index (χ4n) is 3.31. The van der Waals surface area contributed by atoms with Gasteiger partial charge in [-0.05, 0) is 57.7 Å². The second-order valence-corrected chi connectivity index (χ2v) is 8.67. The zero-order chi connectivity index (χ0) is 27.8. The first-order valence-electron chi connectivity index (χ1n) is 11.3. The number of benzene rings is 1. The quantitative estimate of drug-likeness (QED) is 0.460. The summed E-state index contributed by atoms with van der Waals surface area (Å²) in [6.07, 6.45) is 2.17. The highest BCUT2D eigenvalue weighted by Crippen LogP contribution is 2.30. The number of nitrogens with zero attached hydrogens (tertiary/aromatic N) is 1. The smallest absolute Gasteiger partial charge is 0.490 e. The minimum Gasteiger partial charge on any atom is -0.497 e. The number of alkyl halides is 3. The minimum absolute atomic E-state index is 0.134. The number of carboxylic acid groups (broad SMARTS) is 2. The molecule has 0 spiro atoms. The molecule has 9 nitrogen and oxygen atoms in total. The van der Waals surface area contributed by atoms with Gasteiger partial charge in [0, 0.05) is 23.9 Å². The average Bonchev–Trinajstić information content (AvgIpc) is 2.84. The number of aliphatic carboxylic acids is 2. The molecule has 1 heterocycles. The van der Waals surface area contributed by atoms with Crippen LogP contribution in [0.25, 0.3) is 0 Å². The van der Waals surface area contributed by atoms with E-state index in [1.165, 1.54) is 39.6 Å². The fraction of sp³-hybridized carbons (Fsp3) is 0.440. The number of carbonyl (C=O) groups is 3. The van der Waals surface area contributed by atoms with Crippen molar-refractivity contribution in [2.45, 2.75) is 63.8 Å². The summed E-state index contributed by atoms with van der Waals surface area (Å²) in [7, 11) is 1.48. The molecular formula is C25H28F3NO8. The maximum absolute atomic E-state index is 13.1. The Balaban J connectivity index is 0.000000604. The molecule has 1 saturated carbocycles. The second-order valence-electron chi connectivity index (χ2n) is 8.67. The van der Waals surface area contributed by atoms with Gasteiger partial charge >= 0.3 is 18.1 Å². The Kier molecular flexibility index (Phi) is 9.87. The van der Waals surface area contributed by atoms with Crippen molar-refractivity contribution in [1.29, 1.82) is 0 Å². The highest BCUT2D eigenvalue weighted by Gasteiger charge is 2.38. The standard InChI is InChI=1S/C23H27NO6.C2HF3O2/c1-23(2,22(26)27)30-19-13-17(28-3)10-11-18(19)21(25)15-9-12-20(24-14-15)29-16-7-5-4-6-8-16;3-2(4,5)1(6)7/h9-14,16H,4-8H2,1-3H3,(H,26,27);(H,6,7). The third-order valence-corrected chi connectivity index (χ3v) is 5.39. The molecule has 0 aliphatic heterocycles. The Labute approximate surface area is 211 Å². The van der Waals surface area contributed by atoms with Crippen molar-refractivity contribution in [3.05, 3.63) is 47.7 Å². The molecule has 0 amide bonds. The molecule has 0 unspecified atom stereocenters. The van der Waals surface area contributed by atoms with Crippen LogP contribution in [-0.4, -0.2) is 57.9 Å². The highest BCUT2D eigenvalue weighted by atomic mass is 19.4. The van der Waals surface area contributed by atoms with Gasteiger partial charge in [0.1, 0.15) is 17.6 Å². The molecule has 3 rings (SSSR count). The summed E-state index contributed by atoms with van der Waals surface area (Å²) >= 11 is 0. The molecule has 37 heavy (non-hydrogen) atoms. The van der Waals surface area contributed by atoms with Crippen molar-refractivity contribution >= 4 is 17.7 Å². The van der Waals surface area contributed by atoms with Gasteiger partial charge in [0.2, 0.25) is 5.88 Å². The van der Waals surface area contributed by atoms with Gasteiger partial charge in [-0.3, -0.25) is 4.79 Å². The molecule has 1 aliphatic rings. The number of aromatic nitrogens is 1. The minimum atomic E-state index is -5.08. The SMILES string of the molecule is COc1ccc(C(=O)c2ccc(OC3CCCCC3)nc2)c(OC(C)(C)C(=O)O)c1.O=C(O)C(F)(F)F. The van der Waals surface area contributed by atoms with E-state index in [9.17, 15) is 27.9 Å². The van der Waals surface area contributed by atoms with Gasteiger partial charge in [-0.15, -0.1) is 0 Å². The van der Waals surface area contributed by atoms with Gasteiger partial charge in [-0.2, -0.15) is 13.2 Å². The lowest BCUT2D eigenvalue weighted by atomic mass is 9.98. The molecule has 1 aromatic heterocycles. The number of rotatable bonds is 8. The van der Waals surface area contributed by atoms with Crippen molar-refractivity contribution in [3.8, 4) is 17.4 Å². The summed E-state index contributed by atoms with van der Waals surface area (Å²) in [4.78, 5) is 37.7. The third-order valence-electron chi connectivity index (χ3n) is 5.39. The van der Waals surface area contributed by atoms with Gasteiger partial charge in [-0.1, -0.05) is 6.42 Å². The van der Waals surface area contributed by atoms with Crippen LogP contribution in [0.5, 0.6) is 17.4 Å². The number of carbonyl (C=O) groups excluding carboxylic acids is 1. The van der Waals surface area contributed by atoms with Crippen molar-refractivity contribution < 1.29 is 52.0 Å². The molecule has 12 heteroatoms. The first-order chi connectivity index (χ1) is 17.2. The molecule has 1 aromatic carbocycles. The Morgan fingerprint density at radius 3 is 2.08 bits per heavy atom. The van der Waals surface area contributed by atoms with Gasteiger partial charge in [0.25, 0.3) is 0 Å². The Hall–Kier alpha value is -3.83. The molecule has 0 saturated heterocycles. The highest BCUT2D eigenvalue weighted by molar-refractivity contribution is 6.10. The van der Waals surface area contributed by atoms with E-state index in [0.717, 1.165) is 25.7 Å². The molecule has 1 aliphatic carbocycles. The normalized spacial score (nSPS) is 14.1. The van der Waals surface area contributed by atoms with Crippen molar-refractivity contribution in [3.63, 3.8) is 0 Å². The Bertz CT molecular complexity index is 1090. The van der Waals surface area contributed by atoms with Crippen LogP contribution in [-0.2, 0) is 9.59 Å². The number of ketones is 1. The number of carboxylic acids is 2. The number of pyridine rings is 1. The predicted molar refractivity (Wildman–Crippen MR) is 124 cm³/mol. The van der Waals surface area contributed by atoms with Crippen molar-refractivity contribution in [2.24, 2.45) is 0 Å². The lowest BCUT2D eigenvalue weighted by molar-refractivity contribution is -0.192. The maximum atomic E-state index is 13.1. The zero-order valence-corrected chi connectivity index (χ0v) is 20.5. The molecule has 2 N–H and O–H groups in total. The zero-order valence-electron chi connectivity index (χ0n) is 20.5. The topological polar surface area (TPSA) is 132 Å². The molecule has 2 aromatic rings. The second kappa shape index (κ2) is 12.4. The molecular weight excluding hydrogens is 499 g/mol. The summed E-state index contributed by atoms with van der Waals surface area (Å²) < 4.78 is 48.5. The summed E-state index contributed by atoms with van der Waals surface area (Å²) in [5, 5.41) is 16.5. The van der Waals surface area contributed by atoms with Crippen molar-refractivity contribution in [2.75, 3.05) is 7.11 Å². The van der Waals surface area contributed by atoms with Gasteiger partial charge < -0.3 is 24.4 Å². The number of ether oxygens (including phenoxy) is 3. The lowest BCUT2D eigenvalue weighted by Gasteiger charge is -2.23. The molecule has 202 valence electrons. The summed E-state index contributed by atoms with van der Waals surface area (Å²) in [6.45, 7) is 2.84. The lowest BCUT2D eigenvalue weighted by Crippen LogP contribution is -2.38. The van der Waals surface area contributed by atoms with Gasteiger partial charge in [-0.25, -0.2) is 14.6 Å². The van der Waals surface area contributed by atoms with Crippen LogP contribution in [0.2, 0.25) is 0 Å². The number of hydrogen-bond donors (Lipinski definition) is 2. The fourth-order valence-corrected chi connectivity index (χ4v) is 3.31. The van der Waals surface area contributed by atoms with E-state index in [0.29, 0.717) is 17.2 Å². The number of methoxy groups -OCH3 is 1. The van der Waals surface area contributed by atoms with E-state index in [-0.39, 0.29) is 23.2 Å². The molecule has 1 fully saturated rings. The summed E-state index contributed by atoms with van der Waals surface area (Å²) in [5.41, 5.74) is -0.931.